The summed E-state index contributed by atoms with van der Waals surface area (Å²) in [4.78, 5) is 77.6. The Kier molecular flexibility index (Phi) is 16.7. The number of aliphatic hydroxyl groups excluding tert-OH is 3. The number of rotatable bonds is 20. The second-order valence-electron chi connectivity index (χ2n) is 9.16. The highest BCUT2D eigenvalue weighted by atomic mass is 16.6. The molecule has 0 radical (unpaired) electrons. The Balaban J connectivity index is 0. The summed E-state index contributed by atoms with van der Waals surface area (Å²) >= 11 is 0. The number of hydrogen-bond acceptors (Lipinski definition) is 10. The van der Waals surface area contributed by atoms with Crippen LogP contribution in [0.25, 0.3) is 0 Å². The molecule has 3 atom stereocenters. The van der Waals surface area contributed by atoms with E-state index >= 15 is 0 Å². The molecule has 0 aromatic heterocycles. The summed E-state index contributed by atoms with van der Waals surface area (Å²) < 4.78 is 0. The van der Waals surface area contributed by atoms with Crippen LogP contribution in [0.15, 0.2) is 0 Å². The van der Waals surface area contributed by atoms with Crippen LogP contribution in [0.5, 0.6) is 0 Å². The van der Waals surface area contributed by atoms with Crippen LogP contribution in [0.3, 0.4) is 0 Å². The Hall–Kier alpha value is -4.03. The van der Waals surface area contributed by atoms with Crippen molar-refractivity contribution >= 4 is 42.0 Å². The summed E-state index contributed by atoms with van der Waals surface area (Å²) in [5.74, 6) is -14.7. The maximum absolute atomic E-state index is 11.9. The Bertz CT molecular complexity index is 859. The largest absolute Gasteiger partial charge is 0.503 e. The molecular weight excluding hydrogens is 552 g/mol. The van der Waals surface area contributed by atoms with Crippen LogP contribution in [0.1, 0.15) is 44.9 Å². The first-order valence-corrected chi connectivity index (χ1v) is 11.4. The molecule has 0 aliphatic heterocycles. The van der Waals surface area contributed by atoms with Crippen LogP contribution in [0, 0.1) is 28.6 Å². The first kappa shape index (κ1) is 38.1. The van der Waals surface area contributed by atoms with Gasteiger partial charge in [0.05, 0.1) is 56.8 Å². The summed E-state index contributed by atoms with van der Waals surface area (Å²) in [5.41, 5.74) is -4.17. The Morgan fingerprint density at radius 3 is 0.975 bits per heavy atom. The maximum Gasteiger partial charge on any atom is 0.503 e. The molecule has 0 saturated carbocycles. The lowest BCUT2D eigenvalue weighted by Gasteiger charge is -2.51. The van der Waals surface area contributed by atoms with Gasteiger partial charge in [-0.2, -0.15) is 0 Å². The van der Waals surface area contributed by atoms with E-state index in [9.17, 15) is 59.4 Å². The standard InChI is InChI=1S/C21H32O15.CH2O3/c22-8-21(9-23,10-24)20(6-12(18(33)34)4-15(27)28,7-13(19(35)36)5-16(29)30)2-1-11(17(31)32)3-14(25)26;2-1(3)4/h11-13,22-24H,1-10H2,(H,25,26)(H,27,28)(H,29,30)(H,31,32)(H,33,34)(H,35,36);(H2,2,3,4). The van der Waals surface area contributed by atoms with Gasteiger partial charge in [-0.3, -0.25) is 28.8 Å². The van der Waals surface area contributed by atoms with Gasteiger partial charge in [0, 0.05) is 5.41 Å². The Morgan fingerprint density at radius 1 is 0.475 bits per heavy atom. The highest BCUT2D eigenvalue weighted by Crippen LogP contribution is 2.53. The van der Waals surface area contributed by atoms with Crippen molar-refractivity contribution in [2.45, 2.75) is 44.9 Å². The molecule has 18 nitrogen and oxygen atoms in total. The molecule has 0 rings (SSSR count). The van der Waals surface area contributed by atoms with E-state index in [4.69, 9.17) is 30.3 Å². The van der Waals surface area contributed by atoms with Gasteiger partial charge in [-0.05, 0) is 31.1 Å². The predicted octanol–water partition coefficient (Wildman–Crippen LogP) is -0.755. The summed E-state index contributed by atoms with van der Waals surface area (Å²) in [6.07, 6.45) is -7.52. The zero-order valence-electron chi connectivity index (χ0n) is 21.1. The molecule has 0 aliphatic rings. The van der Waals surface area contributed by atoms with E-state index in [-0.39, 0.29) is 0 Å². The lowest BCUT2D eigenvalue weighted by molar-refractivity contribution is -0.163. The van der Waals surface area contributed by atoms with Crippen molar-refractivity contribution in [3.63, 3.8) is 0 Å². The van der Waals surface area contributed by atoms with Crippen LogP contribution in [0.2, 0.25) is 0 Å². The molecule has 0 spiro atoms. The zero-order valence-corrected chi connectivity index (χ0v) is 21.1. The van der Waals surface area contributed by atoms with Crippen molar-refractivity contribution in [1.82, 2.24) is 0 Å². The van der Waals surface area contributed by atoms with Gasteiger partial charge < -0.3 is 56.2 Å². The summed E-state index contributed by atoms with van der Waals surface area (Å²) in [6.45, 7) is -3.31. The van der Waals surface area contributed by atoms with Gasteiger partial charge in [0.1, 0.15) is 0 Å². The van der Waals surface area contributed by atoms with Gasteiger partial charge in [0.2, 0.25) is 0 Å². The second-order valence-corrected chi connectivity index (χ2v) is 9.16. The number of aliphatic carboxylic acids is 6. The zero-order chi connectivity index (χ0) is 31.8. The van der Waals surface area contributed by atoms with Gasteiger partial charge in [-0.25, -0.2) is 4.79 Å². The molecular formula is C22H34O18. The Labute approximate surface area is 225 Å². The van der Waals surface area contributed by atoms with Gasteiger partial charge in [0.15, 0.2) is 0 Å². The first-order valence-electron chi connectivity index (χ1n) is 11.4. The third kappa shape index (κ3) is 12.7. The van der Waals surface area contributed by atoms with E-state index in [0.29, 0.717) is 0 Å². The van der Waals surface area contributed by atoms with E-state index in [1.165, 1.54) is 0 Å². The molecule has 0 amide bonds. The molecule has 0 aromatic rings. The van der Waals surface area contributed by atoms with E-state index in [1.54, 1.807) is 0 Å². The van der Waals surface area contributed by atoms with E-state index in [2.05, 4.69) is 0 Å². The van der Waals surface area contributed by atoms with Crippen molar-refractivity contribution in [3.05, 3.63) is 0 Å². The van der Waals surface area contributed by atoms with Gasteiger partial charge in [-0.1, -0.05) is 0 Å². The molecule has 0 aliphatic carbocycles. The van der Waals surface area contributed by atoms with Crippen LogP contribution >= 0.6 is 0 Å². The number of hydrogen-bond donors (Lipinski definition) is 11. The number of carboxylic acids is 6. The molecule has 0 fully saturated rings. The number of carboxylic acid groups (broad SMARTS) is 8. The first-order chi connectivity index (χ1) is 18.3. The molecule has 11 N–H and O–H groups in total. The topological polar surface area (TPSA) is 342 Å². The number of carbonyl (C=O) groups is 7. The molecule has 0 aromatic carbocycles. The average Bonchev–Trinajstić information content (AvgIpc) is 2.80. The minimum atomic E-state index is -2.13. The van der Waals surface area contributed by atoms with Crippen LogP contribution in [-0.2, 0) is 28.8 Å². The summed E-state index contributed by atoms with van der Waals surface area (Å²) in [5, 5.41) is 100. The quantitative estimate of drug-likeness (QED) is 0.0834. The highest BCUT2D eigenvalue weighted by molar-refractivity contribution is 5.79. The fourth-order valence-electron chi connectivity index (χ4n) is 4.47. The summed E-state index contributed by atoms with van der Waals surface area (Å²) in [6, 6.07) is 0. The fraction of sp³-hybridized carbons (Fsp3) is 0.682. The highest BCUT2D eigenvalue weighted by Gasteiger charge is 2.54. The SMILES string of the molecule is O=C(O)CC(CCC(CC(CC(=O)O)C(=O)O)(CC(CC(=O)O)C(=O)O)C(CO)(CO)CO)C(=O)O.O=C(O)O. The molecule has 40 heavy (non-hydrogen) atoms. The average molecular weight is 586 g/mol. The van der Waals surface area contributed by atoms with Crippen molar-refractivity contribution in [2.24, 2.45) is 28.6 Å². The van der Waals surface area contributed by atoms with Crippen molar-refractivity contribution in [3.8, 4) is 0 Å². The maximum atomic E-state index is 11.9. The summed E-state index contributed by atoms with van der Waals surface area (Å²) in [7, 11) is 0. The third-order valence-electron chi connectivity index (χ3n) is 6.59. The molecule has 230 valence electrons. The predicted molar refractivity (Wildman–Crippen MR) is 125 cm³/mol. The van der Waals surface area contributed by atoms with E-state index < -0.39 is 135 Å². The lowest BCUT2D eigenvalue weighted by atomic mass is 9.54. The lowest BCUT2D eigenvalue weighted by Crippen LogP contribution is -2.53. The van der Waals surface area contributed by atoms with Crippen LogP contribution in [-0.4, -0.2) is 118 Å². The fourth-order valence-corrected chi connectivity index (χ4v) is 4.47. The van der Waals surface area contributed by atoms with E-state index in [0.717, 1.165) is 0 Å². The van der Waals surface area contributed by atoms with Crippen molar-refractivity contribution < 1.29 is 89.7 Å². The molecule has 0 saturated heterocycles. The second kappa shape index (κ2) is 17.5. The van der Waals surface area contributed by atoms with Crippen LogP contribution < -0.4 is 0 Å². The monoisotopic (exact) mass is 586 g/mol. The van der Waals surface area contributed by atoms with Gasteiger partial charge >= 0.3 is 42.0 Å². The molecule has 0 heterocycles. The van der Waals surface area contributed by atoms with Gasteiger partial charge in [0.25, 0.3) is 0 Å². The third-order valence-corrected chi connectivity index (χ3v) is 6.59. The van der Waals surface area contributed by atoms with Crippen molar-refractivity contribution in [1.29, 1.82) is 0 Å². The Morgan fingerprint density at radius 2 is 0.750 bits per heavy atom. The minimum absolute atomic E-state index is 0.567. The molecule has 18 heteroatoms. The molecule has 3 unspecified atom stereocenters. The smallest absolute Gasteiger partial charge is 0.481 e. The number of aliphatic hydroxyl groups is 3. The van der Waals surface area contributed by atoms with Crippen LogP contribution in [0.4, 0.5) is 4.79 Å². The molecule has 0 bridgehead atoms. The van der Waals surface area contributed by atoms with Gasteiger partial charge in [-0.15, -0.1) is 0 Å². The minimum Gasteiger partial charge on any atom is -0.481 e. The van der Waals surface area contributed by atoms with E-state index in [1.807, 2.05) is 0 Å². The van der Waals surface area contributed by atoms with Crippen molar-refractivity contribution in [2.75, 3.05) is 19.8 Å². The normalized spacial score (nSPS) is 14.8.